The standard InChI is InChI=1S/C14H17N3O3/c1-9(2)17(6-5-13(18)19)14(20)10-3-4-11-8-15-16-12(11)7-10/h3-4,7-9H,5-6H2,1-2H3,(H,15,16)(H,18,19). The second-order valence-corrected chi connectivity index (χ2v) is 4.91. The molecule has 0 aliphatic rings. The van der Waals surface area contributed by atoms with E-state index < -0.39 is 5.97 Å². The Morgan fingerprint density at radius 1 is 1.40 bits per heavy atom. The Morgan fingerprint density at radius 2 is 2.15 bits per heavy atom. The van der Waals surface area contributed by atoms with E-state index in [2.05, 4.69) is 10.2 Å². The molecule has 0 bridgehead atoms. The third kappa shape index (κ3) is 2.96. The number of nitrogens with zero attached hydrogens (tertiary/aromatic N) is 2. The monoisotopic (exact) mass is 275 g/mol. The van der Waals surface area contributed by atoms with Crippen molar-refractivity contribution >= 4 is 22.8 Å². The molecule has 106 valence electrons. The van der Waals surface area contributed by atoms with Crippen LogP contribution in [0.15, 0.2) is 24.4 Å². The van der Waals surface area contributed by atoms with Crippen molar-refractivity contribution in [2.24, 2.45) is 0 Å². The van der Waals surface area contributed by atoms with Crippen molar-refractivity contribution < 1.29 is 14.7 Å². The Balaban J connectivity index is 2.23. The third-order valence-corrected chi connectivity index (χ3v) is 3.14. The lowest BCUT2D eigenvalue weighted by atomic mass is 10.1. The summed E-state index contributed by atoms with van der Waals surface area (Å²) in [5.41, 5.74) is 1.32. The zero-order valence-corrected chi connectivity index (χ0v) is 11.5. The lowest BCUT2D eigenvalue weighted by Gasteiger charge is -2.26. The number of H-pyrrole nitrogens is 1. The zero-order valence-electron chi connectivity index (χ0n) is 11.5. The Hall–Kier alpha value is -2.37. The van der Waals surface area contributed by atoms with Crippen molar-refractivity contribution in [3.05, 3.63) is 30.0 Å². The van der Waals surface area contributed by atoms with Gasteiger partial charge >= 0.3 is 5.97 Å². The lowest BCUT2D eigenvalue weighted by Crippen LogP contribution is -2.38. The van der Waals surface area contributed by atoms with Gasteiger partial charge in [-0.1, -0.05) is 6.07 Å². The molecule has 0 unspecified atom stereocenters. The summed E-state index contributed by atoms with van der Waals surface area (Å²) < 4.78 is 0. The second-order valence-electron chi connectivity index (χ2n) is 4.91. The quantitative estimate of drug-likeness (QED) is 0.872. The average molecular weight is 275 g/mol. The SMILES string of the molecule is CC(C)N(CCC(=O)O)C(=O)c1ccc2cn[nH]c2c1. The van der Waals surface area contributed by atoms with Gasteiger partial charge in [0.2, 0.25) is 0 Å². The minimum Gasteiger partial charge on any atom is -0.481 e. The first-order valence-electron chi connectivity index (χ1n) is 6.45. The predicted molar refractivity (Wildman–Crippen MR) is 74.5 cm³/mol. The predicted octanol–water partition coefficient (Wildman–Crippen LogP) is 1.89. The number of nitrogens with one attached hydrogen (secondary N) is 1. The maximum absolute atomic E-state index is 12.5. The van der Waals surface area contributed by atoms with Crippen molar-refractivity contribution in [3.8, 4) is 0 Å². The van der Waals surface area contributed by atoms with Gasteiger partial charge in [-0.2, -0.15) is 5.10 Å². The molecule has 0 fully saturated rings. The first kappa shape index (κ1) is 14.0. The van der Waals surface area contributed by atoms with Crippen molar-refractivity contribution in [3.63, 3.8) is 0 Å². The Labute approximate surface area is 116 Å². The van der Waals surface area contributed by atoms with Crippen LogP contribution in [0.2, 0.25) is 0 Å². The van der Waals surface area contributed by atoms with Crippen LogP contribution in [-0.4, -0.2) is 44.7 Å². The van der Waals surface area contributed by atoms with Crippen LogP contribution in [0.4, 0.5) is 0 Å². The summed E-state index contributed by atoms with van der Waals surface area (Å²) in [7, 11) is 0. The molecule has 1 aromatic carbocycles. The van der Waals surface area contributed by atoms with Gasteiger partial charge in [0.25, 0.3) is 5.91 Å². The van der Waals surface area contributed by atoms with E-state index in [1.807, 2.05) is 19.9 Å². The van der Waals surface area contributed by atoms with Crippen LogP contribution in [0.25, 0.3) is 10.9 Å². The number of aromatic amines is 1. The van der Waals surface area contributed by atoms with E-state index in [-0.39, 0.29) is 24.9 Å². The second kappa shape index (κ2) is 5.73. The number of amides is 1. The molecule has 1 heterocycles. The van der Waals surface area contributed by atoms with Gasteiger partial charge in [-0.25, -0.2) is 0 Å². The minimum absolute atomic E-state index is 0.0562. The van der Waals surface area contributed by atoms with Gasteiger partial charge in [0.1, 0.15) is 0 Å². The van der Waals surface area contributed by atoms with E-state index in [0.717, 1.165) is 10.9 Å². The number of carboxylic acids is 1. The molecule has 0 radical (unpaired) electrons. The van der Waals surface area contributed by atoms with Crippen LogP contribution in [0.1, 0.15) is 30.6 Å². The summed E-state index contributed by atoms with van der Waals surface area (Å²) in [5, 5.41) is 16.4. The van der Waals surface area contributed by atoms with Gasteiger partial charge in [0.05, 0.1) is 18.1 Å². The van der Waals surface area contributed by atoms with E-state index in [0.29, 0.717) is 5.56 Å². The number of carbonyl (C=O) groups excluding carboxylic acids is 1. The van der Waals surface area contributed by atoms with Crippen molar-refractivity contribution in [2.75, 3.05) is 6.54 Å². The molecule has 0 aliphatic carbocycles. The summed E-state index contributed by atoms with van der Waals surface area (Å²) in [6.07, 6.45) is 1.63. The number of fused-ring (bicyclic) bond motifs is 1. The highest BCUT2D eigenvalue weighted by Crippen LogP contribution is 2.16. The lowest BCUT2D eigenvalue weighted by molar-refractivity contribution is -0.137. The molecule has 0 atom stereocenters. The van der Waals surface area contributed by atoms with Gasteiger partial charge in [-0.15, -0.1) is 0 Å². The largest absolute Gasteiger partial charge is 0.481 e. The van der Waals surface area contributed by atoms with Gasteiger partial charge in [0, 0.05) is 23.5 Å². The highest BCUT2D eigenvalue weighted by atomic mass is 16.4. The van der Waals surface area contributed by atoms with Crippen molar-refractivity contribution in [1.29, 1.82) is 0 Å². The van der Waals surface area contributed by atoms with E-state index in [9.17, 15) is 9.59 Å². The Bertz CT molecular complexity index is 633. The fraction of sp³-hybridized carbons (Fsp3) is 0.357. The molecule has 2 rings (SSSR count). The molecular weight excluding hydrogens is 258 g/mol. The fourth-order valence-electron chi connectivity index (χ4n) is 2.05. The van der Waals surface area contributed by atoms with E-state index in [1.54, 1.807) is 23.2 Å². The fourth-order valence-corrected chi connectivity index (χ4v) is 2.05. The molecule has 1 amide bonds. The molecule has 0 aliphatic heterocycles. The number of benzene rings is 1. The summed E-state index contributed by atoms with van der Waals surface area (Å²) in [5.74, 6) is -1.08. The maximum Gasteiger partial charge on any atom is 0.305 e. The minimum atomic E-state index is -0.910. The van der Waals surface area contributed by atoms with Crippen molar-refractivity contribution in [2.45, 2.75) is 26.3 Å². The molecule has 0 spiro atoms. The van der Waals surface area contributed by atoms with Gasteiger partial charge in [0.15, 0.2) is 0 Å². The number of carboxylic acid groups (broad SMARTS) is 1. The van der Waals surface area contributed by atoms with E-state index in [4.69, 9.17) is 5.11 Å². The molecule has 6 nitrogen and oxygen atoms in total. The number of rotatable bonds is 5. The van der Waals surface area contributed by atoms with Crippen molar-refractivity contribution in [1.82, 2.24) is 15.1 Å². The summed E-state index contributed by atoms with van der Waals surface area (Å²) in [6.45, 7) is 3.94. The normalized spacial score (nSPS) is 10.9. The Kier molecular flexibility index (Phi) is 4.02. The molecular formula is C14H17N3O3. The van der Waals surface area contributed by atoms with E-state index in [1.165, 1.54) is 0 Å². The number of aromatic nitrogens is 2. The molecule has 2 aromatic rings. The number of hydrogen-bond acceptors (Lipinski definition) is 3. The van der Waals surface area contributed by atoms with E-state index >= 15 is 0 Å². The van der Waals surface area contributed by atoms with Crippen LogP contribution in [0, 0.1) is 0 Å². The summed E-state index contributed by atoms with van der Waals surface area (Å²) in [6, 6.07) is 5.23. The van der Waals surface area contributed by atoms with Gasteiger partial charge in [-0.3, -0.25) is 14.7 Å². The molecule has 0 saturated carbocycles. The average Bonchev–Trinajstić information content (AvgIpc) is 2.84. The molecule has 6 heteroatoms. The topological polar surface area (TPSA) is 86.3 Å². The number of carbonyl (C=O) groups is 2. The van der Waals surface area contributed by atoms with Crippen LogP contribution in [0.5, 0.6) is 0 Å². The third-order valence-electron chi connectivity index (χ3n) is 3.14. The van der Waals surface area contributed by atoms with Crippen LogP contribution < -0.4 is 0 Å². The van der Waals surface area contributed by atoms with Gasteiger partial charge in [-0.05, 0) is 26.0 Å². The smallest absolute Gasteiger partial charge is 0.305 e. The number of aliphatic carboxylic acids is 1. The Morgan fingerprint density at radius 3 is 2.80 bits per heavy atom. The summed E-state index contributed by atoms with van der Waals surface area (Å²) >= 11 is 0. The molecule has 0 saturated heterocycles. The van der Waals surface area contributed by atoms with Gasteiger partial charge < -0.3 is 10.0 Å². The highest BCUT2D eigenvalue weighted by molar-refractivity contribution is 5.98. The first-order chi connectivity index (χ1) is 9.49. The summed E-state index contributed by atoms with van der Waals surface area (Å²) in [4.78, 5) is 24.7. The maximum atomic E-state index is 12.5. The first-order valence-corrected chi connectivity index (χ1v) is 6.45. The molecule has 1 aromatic heterocycles. The number of hydrogen-bond donors (Lipinski definition) is 2. The molecule has 2 N–H and O–H groups in total. The molecule has 20 heavy (non-hydrogen) atoms. The highest BCUT2D eigenvalue weighted by Gasteiger charge is 2.19. The van der Waals surface area contributed by atoms with Crippen LogP contribution in [-0.2, 0) is 4.79 Å². The zero-order chi connectivity index (χ0) is 14.7. The van der Waals surface area contributed by atoms with Crippen LogP contribution in [0.3, 0.4) is 0 Å². The van der Waals surface area contributed by atoms with Crippen LogP contribution >= 0.6 is 0 Å².